The van der Waals surface area contributed by atoms with Crippen molar-refractivity contribution >= 4 is 17.4 Å². The van der Waals surface area contributed by atoms with Gasteiger partial charge in [0.15, 0.2) is 0 Å². The maximum absolute atomic E-state index is 6.23. The summed E-state index contributed by atoms with van der Waals surface area (Å²) in [5, 5.41) is 0.651. The van der Waals surface area contributed by atoms with Crippen molar-refractivity contribution < 1.29 is 0 Å². The second kappa shape index (κ2) is 6.55. The molecule has 0 aliphatic rings. The van der Waals surface area contributed by atoms with Gasteiger partial charge in [0.05, 0.1) is 5.02 Å². The Morgan fingerprint density at radius 1 is 1.21 bits per heavy atom. The minimum atomic E-state index is 0.459. The van der Waals surface area contributed by atoms with E-state index in [4.69, 9.17) is 17.3 Å². The largest absolute Gasteiger partial charge is 0.358 e. The number of benzene rings is 1. The van der Waals surface area contributed by atoms with E-state index in [1.54, 1.807) is 6.20 Å². The monoisotopic (exact) mass is 275 g/mol. The normalized spacial score (nSPS) is 10.5. The Morgan fingerprint density at radius 2 is 1.95 bits per heavy atom. The second-order valence-corrected chi connectivity index (χ2v) is 4.92. The maximum Gasteiger partial charge on any atom is 0.147 e. The summed E-state index contributed by atoms with van der Waals surface area (Å²) in [5.74, 6) is 0.801. The highest BCUT2D eigenvalue weighted by atomic mass is 35.5. The molecule has 2 aromatic rings. The molecule has 2 N–H and O–H groups in total. The first kappa shape index (κ1) is 13.8. The Kier molecular flexibility index (Phi) is 4.77. The molecule has 0 amide bonds. The van der Waals surface area contributed by atoms with Gasteiger partial charge in [-0.05, 0) is 23.6 Å². The van der Waals surface area contributed by atoms with Crippen molar-refractivity contribution in [3.8, 4) is 0 Å². The molecule has 0 aliphatic carbocycles. The summed E-state index contributed by atoms with van der Waals surface area (Å²) in [6, 6.07) is 12.3. The number of pyridine rings is 1. The topological polar surface area (TPSA) is 42.2 Å². The van der Waals surface area contributed by atoms with Crippen LogP contribution in [0.4, 0.5) is 5.82 Å². The molecule has 0 fully saturated rings. The van der Waals surface area contributed by atoms with E-state index in [-0.39, 0.29) is 0 Å². The van der Waals surface area contributed by atoms with Gasteiger partial charge in [-0.3, -0.25) is 0 Å². The molecular weight excluding hydrogens is 258 g/mol. The number of halogens is 1. The van der Waals surface area contributed by atoms with E-state index < -0.39 is 0 Å². The van der Waals surface area contributed by atoms with E-state index in [2.05, 4.69) is 34.1 Å². The molecule has 19 heavy (non-hydrogen) atoms. The fourth-order valence-electron chi connectivity index (χ4n) is 1.91. The number of rotatable bonds is 5. The number of anilines is 1. The van der Waals surface area contributed by atoms with Gasteiger partial charge in [0.2, 0.25) is 0 Å². The quantitative estimate of drug-likeness (QED) is 0.912. The van der Waals surface area contributed by atoms with Crippen LogP contribution in [0.3, 0.4) is 0 Å². The Labute approximate surface area is 119 Å². The second-order valence-electron chi connectivity index (χ2n) is 4.51. The highest BCUT2D eigenvalue weighted by Gasteiger charge is 2.08. The average molecular weight is 276 g/mol. The summed E-state index contributed by atoms with van der Waals surface area (Å²) in [6.45, 7) is 1.33. The van der Waals surface area contributed by atoms with Gasteiger partial charge in [-0.1, -0.05) is 41.9 Å². The van der Waals surface area contributed by atoms with Crippen LogP contribution < -0.4 is 10.6 Å². The first-order valence-corrected chi connectivity index (χ1v) is 6.68. The maximum atomic E-state index is 6.23. The number of likely N-dealkylation sites (N-methyl/N-ethyl adjacent to an activating group) is 1. The van der Waals surface area contributed by atoms with Crippen LogP contribution >= 0.6 is 11.6 Å². The molecule has 0 unspecified atom stereocenters. The van der Waals surface area contributed by atoms with Crippen molar-refractivity contribution in [1.82, 2.24) is 4.98 Å². The zero-order valence-corrected chi connectivity index (χ0v) is 11.8. The molecule has 0 bridgehead atoms. The number of aromatic nitrogens is 1. The van der Waals surface area contributed by atoms with Crippen LogP contribution in [0.15, 0.2) is 42.6 Å². The van der Waals surface area contributed by atoms with Gasteiger partial charge in [0, 0.05) is 26.3 Å². The number of hydrogen-bond acceptors (Lipinski definition) is 3. The molecule has 1 aromatic heterocycles. The van der Waals surface area contributed by atoms with Gasteiger partial charge in [-0.25, -0.2) is 4.98 Å². The van der Waals surface area contributed by atoms with Crippen LogP contribution in [-0.2, 0) is 13.0 Å². The van der Waals surface area contributed by atoms with Crippen LogP contribution in [0.25, 0.3) is 0 Å². The summed E-state index contributed by atoms with van der Waals surface area (Å²) in [7, 11) is 2.00. The first-order valence-electron chi connectivity index (χ1n) is 6.30. The standard InChI is InChI=1S/C15H18ClN3/c1-19(8-7-12-5-3-2-4-6-12)15-14(16)9-13(10-17)11-18-15/h2-6,9,11H,7-8,10,17H2,1H3. The summed E-state index contributed by atoms with van der Waals surface area (Å²) >= 11 is 6.23. The lowest BCUT2D eigenvalue weighted by Crippen LogP contribution is -2.22. The predicted molar refractivity (Wildman–Crippen MR) is 80.6 cm³/mol. The lowest BCUT2D eigenvalue weighted by Gasteiger charge is -2.19. The summed E-state index contributed by atoms with van der Waals surface area (Å²) < 4.78 is 0. The van der Waals surface area contributed by atoms with Crippen molar-refractivity contribution in [3.63, 3.8) is 0 Å². The minimum absolute atomic E-state index is 0.459. The molecule has 0 spiro atoms. The number of hydrogen-bond donors (Lipinski definition) is 1. The van der Waals surface area contributed by atoms with Crippen LogP contribution in [0.5, 0.6) is 0 Å². The smallest absolute Gasteiger partial charge is 0.147 e. The molecule has 2 rings (SSSR count). The highest BCUT2D eigenvalue weighted by Crippen LogP contribution is 2.23. The van der Waals surface area contributed by atoms with Crippen LogP contribution in [0.1, 0.15) is 11.1 Å². The van der Waals surface area contributed by atoms with Gasteiger partial charge < -0.3 is 10.6 Å². The molecule has 0 saturated heterocycles. The summed E-state index contributed by atoms with van der Waals surface area (Å²) in [6.07, 6.45) is 2.74. The van der Waals surface area contributed by atoms with Crippen LogP contribution in [0, 0.1) is 0 Å². The summed E-state index contributed by atoms with van der Waals surface area (Å²) in [5.41, 5.74) is 7.83. The van der Waals surface area contributed by atoms with Crippen molar-refractivity contribution in [2.45, 2.75) is 13.0 Å². The Balaban J connectivity index is 2.02. The molecular formula is C15H18ClN3. The molecule has 0 atom stereocenters. The van der Waals surface area contributed by atoms with Crippen molar-refractivity contribution in [1.29, 1.82) is 0 Å². The Bertz CT molecular complexity index is 528. The fraction of sp³-hybridized carbons (Fsp3) is 0.267. The fourth-order valence-corrected chi connectivity index (χ4v) is 2.24. The predicted octanol–water partition coefficient (Wildman–Crippen LogP) is 2.87. The number of nitrogens with zero attached hydrogens (tertiary/aromatic N) is 2. The minimum Gasteiger partial charge on any atom is -0.358 e. The molecule has 0 saturated carbocycles. The number of nitrogens with two attached hydrogens (primary N) is 1. The molecule has 3 nitrogen and oxygen atoms in total. The highest BCUT2D eigenvalue weighted by molar-refractivity contribution is 6.33. The van der Waals surface area contributed by atoms with Gasteiger partial charge >= 0.3 is 0 Å². The van der Waals surface area contributed by atoms with Crippen LogP contribution in [0.2, 0.25) is 5.02 Å². The Morgan fingerprint density at radius 3 is 2.58 bits per heavy atom. The third kappa shape index (κ3) is 3.69. The van der Waals surface area contributed by atoms with E-state index in [0.29, 0.717) is 11.6 Å². The molecule has 0 aliphatic heterocycles. The van der Waals surface area contributed by atoms with Gasteiger partial charge in [-0.2, -0.15) is 0 Å². The zero-order valence-electron chi connectivity index (χ0n) is 11.0. The molecule has 1 aromatic carbocycles. The first-order chi connectivity index (χ1) is 9.20. The van der Waals surface area contributed by atoms with E-state index in [1.165, 1.54) is 5.56 Å². The average Bonchev–Trinajstić information content (AvgIpc) is 2.45. The molecule has 100 valence electrons. The molecule has 4 heteroatoms. The van der Waals surface area contributed by atoms with E-state index >= 15 is 0 Å². The third-order valence-corrected chi connectivity index (χ3v) is 3.33. The van der Waals surface area contributed by atoms with Crippen molar-refractivity contribution in [3.05, 3.63) is 58.7 Å². The van der Waals surface area contributed by atoms with Gasteiger partial charge in [0.1, 0.15) is 5.82 Å². The van der Waals surface area contributed by atoms with Crippen LogP contribution in [-0.4, -0.2) is 18.6 Å². The third-order valence-electron chi connectivity index (χ3n) is 3.05. The van der Waals surface area contributed by atoms with E-state index in [9.17, 15) is 0 Å². The zero-order chi connectivity index (χ0) is 13.7. The lowest BCUT2D eigenvalue weighted by molar-refractivity contribution is 0.857. The van der Waals surface area contributed by atoms with E-state index in [0.717, 1.165) is 24.3 Å². The van der Waals surface area contributed by atoms with Gasteiger partial charge in [-0.15, -0.1) is 0 Å². The van der Waals surface area contributed by atoms with Gasteiger partial charge in [0.25, 0.3) is 0 Å². The van der Waals surface area contributed by atoms with E-state index in [1.807, 2.05) is 19.2 Å². The Hall–Kier alpha value is -1.58. The van der Waals surface area contributed by atoms with Crippen molar-refractivity contribution in [2.24, 2.45) is 5.73 Å². The van der Waals surface area contributed by atoms with Crippen molar-refractivity contribution in [2.75, 3.05) is 18.5 Å². The summed E-state index contributed by atoms with van der Waals surface area (Å²) in [4.78, 5) is 6.44. The lowest BCUT2D eigenvalue weighted by atomic mass is 10.1. The SMILES string of the molecule is CN(CCc1ccccc1)c1ncc(CN)cc1Cl. The molecule has 0 radical (unpaired) electrons. The molecule has 1 heterocycles.